The van der Waals surface area contributed by atoms with Gasteiger partial charge in [0.15, 0.2) is 6.61 Å². The highest BCUT2D eigenvalue weighted by Gasteiger charge is 2.31. The van der Waals surface area contributed by atoms with Crippen molar-refractivity contribution in [3.05, 3.63) is 54.1 Å². The quantitative estimate of drug-likeness (QED) is 0.697. The fourth-order valence-corrected chi connectivity index (χ4v) is 5.16. The Morgan fingerprint density at radius 1 is 1.16 bits per heavy atom. The van der Waals surface area contributed by atoms with E-state index in [1.807, 2.05) is 6.92 Å². The zero-order valence-corrected chi connectivity index (χ0v) is 17.7. The third-order valence-electron chi connectivity index (χ3n) is 4.97. The number of nitrogens with one attached hydrogen (secondary N) is 1. The number of hydrogen-bond donors (Lipinski definition) is 1. The summed E-state index contributed by atoms with van der Waals surface area (Å²) in [6, 6.07) is 11.2. The summed E-state index contributed by atoms with van der Waals surface area (Å²) in [6.07, 6.45) is -2.01. The Morgan fingerprint density at radius 2 is 1.90 bits per heavy atom. The molecule has 0 spiro atoms. The van der Waals surface area contributed by atoms with Crippen molar-refractivity contribution in [3.8, 4) is 5.75 Å². The molecule has 1 unspecified atom stereocenters. The average molecular weight is 456 g/mol. The number of benzene rings is 2. The number of carbonyl (C=O) groups excluding carboxylic acids is 1. The number of para-hydroxylation sites is 2. The van der Waals surface area contributed by atoms with Crippen molar-refractivity contribution in [2.45, 2.75) is 43.3 Å². The van der Waals surface area contributed by atoms with Crippen LogP contribution in [0.25, 0.3) is 0 Å². The first-order valence-corrected chi connectivity index (χ1v) is 11.2. The number of rotatable bonds is 6. The normalized spacial score (nSPS) is 17.9. The van der Waals surface area contributed by atoms with Crippen molar-refractivity contribution >= 4 is 21.6 Å². The van der Waals surface area contributed by atoms with Crippen LogP contribution in [-0.4, -0.2) is 44.0 Å². The minimum Gasteiger partial charge on any atom is -0.482 e. The maximum atomic E-state index is 13.0. The summed E-state index contributed by atoms with van der Waals surface area (Å²) >= 11 is 0. The van der Waals surface area contributed by atoms with Crippen molar-refractivity contribution in [2.75, 3.05) is 18.5 Å². The smallest absolute Gasteiger partial charge is 0.422 e. The topological polar surface area (TPSA) is 75.7 Å². The molecular formula is C21H23F3N2O4S. The Balaban J connectivity index is 1.80. The fourth-order valence-electron chi connectivity index (χ4n) is 3.41. The zero-order chi connectivity index (χ0) is 22.6. The van der Waals surface area contributed by atoms with Gasteiger partial charge in [-0.3, -0.25) is 4.79 Å². The predicted octanol–water partition coefficient (Wildman–Crippen LogP) is 4.44. The number of hydrogen-bond acceptors (Lipinski definition) is 4. The minimum atomic E-state index is -4.52. The van der Waals surface area contributed by atoms with Gasteiger partial charge in [-0.05, 0) is 50.1 Å². The molecule has 2 aromatic rings. The van der Waals surface area contributed by atoms with Gasteiger partial charge in [0.2, 0.25) is 10.0 Å². The van der Waals surface area contributed by atoms with E-state index in [1.54, 1.807) is 0 Å². The van der Waals surface area contributed by atoms with E-state index < -0.39 is 28.7 Å². The minimum absolute atomic E-state index is 0.00416. The van der Waals surface area contributed by atoms with Gasteiger partial charge in [-0.1, -0.05) is 24.6 Å². The number of piperidine rings is 1. The Bertz CT molecular complexity index is 1040. The molecule has 0 radical (unpaired) electrons. The number of halogens is 3. The van der Waals surface area contributed by atoms with Crippen molar-refractivity contribution < 1.29 is 31.1 Å². The molecule has 1 amide bonds. The Labute approximate surface area is 179 Å². The zero-order valence-electron chi connectivity index (χ0n) is 16.9. The average Bonchev–Trinajstić information content (AvgIpc) is 2.73. The maximum Gasteiger partial charge on any atom is 0.422 e. The van der Waals surface area contributed by atoms with E-state index in [0.717, 1.165) is 19.3 Å². The second-order valence-electron chi connectivity index (χ2n) is 7.34. The number of ether oxygens (including phenoxy) is 1. The van der Waals surface area contributed by atoms with Gasteiger partial charge in [0.1, 0.15) is 5.75 Å². The van der Waals surface area contributed by atoms with Crippen molar-refractivity contribution in [2.24, 2.45) is 0 Å². The third kappa shape index (κ3) is 5.76. The molecule has 6 nitrogen and oxygen atoms in total. The molecule has 0 saturated carbocycles. The summed E-state index contributed by atoms with van der Waals surface area (Å²) in [5, 5.41) is 2.49. The summed E-state index contributed by atoms with van der Waals surface area (Å²) < 4.78 is 69.7. The number of nitrogens with zero attached hydrogens (tertiary/aromatic N) is 1. The summed E-state index contributed by atoms with van der Waals surface area (Å²) in [5.74, 6) is -0.800. The van der Waals surface area contributed by atoms with Crippen LogP contribution in [0.5, 0.6) is 5.75 Å². The van der Waals surface area contributed by atoms with Gasteiger partial charge in [-0.25, -0.2) is 8.42 Å². The molecule has 0 aromatic heterocycles. The number of alkyl halides is 3. The fraction of sp³-hybridized carbons (Fsp3) is 0.381. The van der Waals surface area contributed by atoms with Gasteiger partial charge in [0.25, 0.3) is 5.91 Å². The van der Waals surface area contributed by atoms with E-state index in [9.17, 15) is 26.4 Å². The second-order valence-corrected chi connectivity index (χ2v) is 9.23. The number of amides is 1. The number of anilines is 1. The van der Waals surface area contributed by atoms with Crippen LogP contribution in [0.4, 0.5) is 18.9 Å². The summed E-state index contributed by atoms with van der Waals surface area (Å²) in [4.78, 5) is 12.7. The van der Waals surface area contributed by atoms with E-state index in [2.05, 4.69) is 5.32 Å². The molecule has 0 bridgehead atoms. The lowest BCUT2D eigenvalue weighted by atomic mass is 10.1. The molecule has 1 fully saturated rings. The van der Waals surface area contributed by atoms with E-state index in [4.69, 9.17) is 4.74 Å². The molecule has 1 N–H and O–H groups in total. The lowest BCUT2D eigenvalue weighted by molar-refractivity contribution is -0.153. The van der Waals surface area contributed by atoms with Crippen LogP contribution in [0.3, 0.4) is 0 Å². The predicted molar refractivity (Wildman–Crippen MR) is 110 cm³/mol. The molecular weight excluding hydrogens is 433 g/mol. The van der Waals surface area contributed by atoms with Gasteiger partial charge in [-0.15, -0.1) is 0 Å². The highest BCUT2D eigenvalue weighted by atomic mass is 32.2. The Morgan fingerprint density at radius 3 is 2.61 bits per heavy atom. The molecule has 1 aliphatic heterocycles. The van der Waals surface area contributed by atoms with Crippen LogP contribution >= 0.6 is 0 Å². The van der Waals surface area contributed by atoms with Crippen molar-refractivity contribution in [1.29, 1.82) is 0 Å². The first-order valence-electron chi connectivity index (χ1n) is 9.80. The van der Waals surface area contributed by atoms with E-state index in [-0.39, 0.29) is 27.9 Å². The Hall–Kier alpha value is -2.59. The third-order valence-corrected chi connectivity index (χ3v) is 6.98. The SMILES string of the molecule is CC1CCCCN1S(=O)(=O)c1cccc(C(=O)Nc2ccccc2OCC(F)(F)F)c1. The molecule has 3 rings (SSSR count). The van der Waals surface area contributed by atoms with Gasteiger partial charge in [-0.2, -0.15) is 17.5 Å². The van der Waals surface area contributed by atoms with Crippen LogP contribution in [0, 0.1) is 0 Å². The highest BCUT2D eigenvalue weighted by molar-refractivity contribution is 7.89. The lowest BCUT2D eigenvalue weighted by Crippen LogP contribution is -2.41. The molecule has 1 saturated heterocycles. The molecule has 10 heteroatoms. The van der Waals surface area contributed by atoms with E-state index in [0.29, 0.717) is 6.54 Å². The first kappa shape index (κ1) is 23.1. The molecule has 168 valence electrons. The largest absolute Gasteiger partial charge is 0.482 e. The summed E-state index contributed by atoms with van der Waals surface area (Å²) in [5.41, 5.74) is 0.117. The molecule has 2 aromatic carbocycles. The van der Waals surface area contributed by atoms with Crippen LogP contribution in [0.1, 0.15) is 36.5 Å². The Kier molecular flexibility index (Phi) is 6.90. The molecule has 31 heavy (non-hydrogen) atoms. The summed E-state index contributed by atoms with van der Waals surface area (Å²) in [6.45, 7) is 0.774. The van der Waals surface area contributed by atoms with Gasteiger partial charge < -0.3 is 10.1 Å². The monoisotopic (exact) mass is 456 g/mol. The summed E-state index contributed by atoms with van der Waals surface area (Å²) in [7, 11) is -3.77. The standard InChI is InChI=1S/C21H23F3N2O4S/c1-15-7-4-5-12-26(15)31(28,29)17-9-6-8-16(13-17)20(27)25-18-10-2-3-11-19(18)30-14-21(22,23)24/h2-3,6,8-11,13,15H,4-5,7,12,14H2,1H3,(H,25,27). The van der Waals surface area contributed by atoms with Crippen LogP contribution in [-0.2, 0) is 10.0 Å². The van der Waals surface area contributed by atoms with Gasteiger partial charge in [0, 0.05) is 18.2 Å². The second kappa shape index (κ2) is 9.27. The maximum absolute atomic E-state index is 13.0. The molecule has 1 aliphatic rings. The van der Waals surface area contributed by atoms with E-state index in [1.165, 1.54) is 52.8 Å². The van der Waals surface area contributed by atoms with Gasteiger partial charge >= 0.3 is 6.18 Å². The van der Waals surface area contributed by atoms with Crippen molar-refractivity contribution in [3.63, 3.8) is 0 Å². The van der Waals surface area contributed by atoms with Crippen LogP contribution in [0.2, 0.25) is 0 Å². The van der Waals surface area contributed by atoms with Crippen molar-refractivity contribution in [1.82, 2.24) is 4.31 Å². The van der Waals surface area contributed by atoms with Gasteiger partial charge in [0.05, 0.1) is 10.6 Å². The molecule has 1 heterocycles. The molecule has 0 aliphatic carbocycles. The number of carbonyl (C=O) groups is 1. The highest BCUT2D eigenvalue weighted by Crippen LogP contribution is 2.28. The van der Waals surface area contributed by atoms with Crippen LogP contribution < -0.4 is 10.1 Å². The lowest BCUT2D eigenvalue weighted by Gasteiger charge is -2.32. The number of sulfonamides is 1. The van der Waals surface area contributed by atoms with E-state index >= 15 is 0 Å². The molecule has 1 atom stereocenters. The first-order chi connectivity index (χ1) is 14.6. The van der Waals surface area contributed by atoms with Crippen LogP contribution in [0.15, 0.2) is 53.4 Å².